The first-order valence-electron chi connectivity index (χ1n) is 10.00. The van der Waals surface area contributed by atoms with E-state index in [-0.39, 0.29) is 21.7 Å². The maximum atomic E-state index is 13.0. The molecule has 0 heterocycles. The van der Waals surface area contributed by atoms with Crippen molar-refractivity contribution in [1.82, 2.24) is 0 Å². The van der Waals surface area contributed by atoms with Crippen molar-refractivity contribution in [2.45, 2.75) is 24.3 Å². The fraction of sp³-hybridized carbons (Fsp3) is 0.167. The van der Waals surface area contributed by atoms with E-state index in [4.69, 9.17) is 4.74 Å². The smallest absolute Gasteiger partial charge is 0.307 e. The topological polar surface area (TPSA) is 121 Å². The number of hydrogen-bond donors (Lipinski definition) is 0. The number of nitro groups is 1. The number of esters is 1. The number of nitrogens with zero attached hydrogens (tertiary/aromatic N) is 1. The number of aryl methyl sites for hydroxylation is 1. The molecule has 0 unspecified atom stereocenters. The van der Waals surface area contributed by atoms with Crippen LogP contribution in [-0.4, -0.2) is 30.8 Å². The Balaban J connectivity index is 1.79. The number of ether oxygens (including phenoxy) is 1. The maximum absolute atomic E-state index is 13.0. The predicted molar refractivity (Wildman–Crippen MR) is 121 cm³/mol. The molecule has 0 radical (unpaired) electrons. The molecule has 0 bridgehead atoms. The van der Waals surface area contributed by atoms with E-state index in [9.17, 15) is 28.1 Å². The molecule has 3 rings (SSSR count). The third-order valence-corrected chi connectivity index (χ3v) is 6.64. The van der Waals surface area contributed by atoms with Crippen LogP contribution in [0.25, 0.3) is 0 Å². The molecule has 0 saturated heterocycles. The van der Waals surface area contributed by atoms with Crippen LogP contribution in [0.1, 0.15) is 34.0 Å². The predicted octanol–water partition coefficient (Wildman–Crippen LogP) is 4.23. The van der Waals surface area contributed by atoms with Crippen molar-refractivity contribution in [3.8, 4) is 0 Å². The Labute approximate surface area is 190 Å². The molecule has 3 aromatic carbocycles. The van der Waals surface area contributed by atoms with Gasteiger partial charge in [0.1, 0.15) is 0 Å². The molecular formula is C24H21NO7S. The zero-order valence-corrected chi connectivity index (χ0v) is 18.5. The SMILES string of the molecule is Cc1ccc(S(=O)(=O)CCC(=O)O[C@@H](C(=O)c2ccccc2)c2ccc([N+](=O)[O-])cc2)cc1. The summed E-state index contributed by atoms with van der Waals surface area (Å²) in [5.41, 5.74) is 1.24. The Hall–Kier alpha value is -3.85. The number of rotatable bonds is 9. The molecule has 170 valence electrons. The lowest BCUT2D eigenvalue weighted by Gasteiger charge is -2.17. The standard InChI is InChI=1S/C24H21NO7S/c1-17-7-13-21(14-8-17)33(30,31)16-15-22(26)32-24(23(27)18-5-3-2-4-6-18)19-9-11-20(12-10-19)25(28)29/h2-14,24H,15-16H2,1H3/t24-/m1/s1. The third-order valence-electron chi connectivity index (χ3n) is 4.91. The van der Waals surface area contributed by atoms with Gasteiger partial charge in [-0.15, -0.1) is 0 Å². The van der Waals surface area contributed by atoms with Crippen molar-refractivity contribution in [2.24, 2.45) is 0 Å². The summed E-state index contributed by atoms with van der Waals surface area (Å²) in [7, 11) is -3.72. The van der Waals surface area contributed by atoms with Crippen LogP contribution in [0.3, 0.4) is 0 Å². The average Bonchev–Trinajstić information content (AvgIpc) is 2.82. The molecule has 1 atom stereocenters. The summed E-state index contributed by atoms with van der Waals surface area (Å²) in [6.07, 6.45) is -1.83. The molecule has 0 spiro atoms. The van der Waals surface area contributed by atoms with E-state index in [2.05, 4.69) is 0 Å². The van der Waals surface area contributed by atoms with Crippen molar-refractivity contribution in [2.75, 3.05) is 5.75 Å². The Kier molecular flexibility index (Phi) is 7.34. The van der Waals surface area contributed by atoms with E-state index in [0.717, 1.165) is 5.56 Å². The van der Waals surface area contributed by atoms with Gasteiger partial charge in [-0.25, -0.2) is 8.42 Å². The normalized spacial score (nSPS) is 12.0. The first-order valence-corrected chi connectivity index (χ1v) is 11.6. The molecule has 0 aliphatic rings. The number of nitro benzene ring substituents is 1. The number of hydrogen-bond acceptors (Lipinski definition) is 7. The van der Waals surface area contributed by atoms with Crippen molar-refractivity contribution in [1.29, 1.82) is 0 Å². The van der Waals surface area contributed by atoms with Gasteiger partial charge in [-0.05, 0) is 31.2 Å². The average molecular weight is 467 g/mol. The fourth-order valence-corrected chi connectivity index (χ4v) is 4.29. The van der Waals surface area contributed by atoms with E-state index < -0.39 is 44.8 Å². The molecule has 33 heavy (non-hydrogen) atoms. The van der Waals surface area contributed by atoms with E-state index in [1.807, 2.05) is 6.92 Å². The van der Waals surface area contributed by atoms with E-state index in [1.54, 1.807) is 42.5 Å². The van der Waals surface area contributed by atoms with Gasteiger partial charge in [-0.1, -0.05) is 48.0 Å². The Morgan fingerprint density at radius 3 is 2.12 bits per heavy atom. The Bertz CT molecular complexity index is 1250. The van der Waals surface area contributed by atoms with Crippen LogP contribution in [0, 0.1) is 17.0 Å². The van der Waals surface area contributed by atoms with Gasteiger partial charge in [-0.2, -0.15) is 0 Å². The zero-order chi connectivity index (χ0) is 24.0. The van der Waals surface area contributed by atoms with Crippen LogP contribution < -0.4 is 0 Å². The number of ketones is 1. The van der Waals surface area contributed by atoms with Gasteiger partial charge in [0.25, 0.3) is 5.69 Å². The van der Waals surface area contributed by atoms with Crippen LogP contribution in [0.4, 0.5) is 5.69 Å². The Morgan fingerprint density at radius 2 is 1.55 bits per heavy atom. The molecule has 0 aliphatic carbocycles. The quantitative estimate of drug-likeness (QED) is 0.200. The van der Waals surface area contributed by atoms with Gasteiger partial charge in [0.05, 0.1) is 22.0 Å². The minimum Gasteiger partial charge on any atom is -0.449 e. The largest absolute Gasteiger partial charge is 0.449 e. The summed E-state index contributed by atoms with van der Waals surface area (Å²) >= 11 is 0. The first kappa shape index (κ1) is 23.8. The summed E-state index contributed by atoms with van der Waals surface area (Å²) in [4.78, 5) is 36.0. The van der Waals surface area contributed by atoms with Crippen LogP contribution in [0.15, 0.2) is 83.8 Å². The summed E-state index contributed by atoms with van der Waals surface area (Å²) in [6, 6.07) is 19.5. The number of non-ortho nitro benzene ring substituents is 1. The number of carbonyl (C=O) groups excluding carboxylic acids is 2. The molecular weight excluding hydrogens is 446 g/mol. The number of Topliss-reactive ketones (excluding diaryl/α,β-unsaturated/α-hetero) is 1. The van der Waals surface area contributed by atoms with E-state index in [0.29, 0.717) is 0 Å². The number of benzene rings is 3. The molecule has 0 aliphatic heterocycles. The molecule has 0 amide bonds. The van der Waals surface area contributed by atoms with E-state index in [1.165, 1.54) is 36.4 Å². The first-order chi connectivity index (χ1) is 15.7. The number of carbonyl (C=O) groups is 2. The van der Waals surface area contributed by atoms with Crippen LogP contribution in [0.5, 0.6) is 0 Å². The van der Waals surface area contributed by atoms with E-state index >= 15 is 0 Å². The summed E-state index contributed by atoms with van der Waals surface area (Å²) in [6.45, 7) is 1.83. The van der Waals surface area contributed by atoms with Gasteiger partial charge in [0.15, 0.2) is 15.9 Å². The lowest BCUT2D eigenvalue weighted by molar-refractivity contribution is -0.384. The molecule has 3 aromatic rings. The zero-order valence-electron chi connectivity index (χ0n) is 17.7. The highest BCUT2D eigenvalue weighted by Crippen LogP contribution is 2.26. The van der Waals surface area contributed by atoms with Crippen LogP contribution in [0.2, 0.25) is 0 Å². The highest BCUT2D eigenvalue weighted by atomic mass is 32.2. The molecule has 8 nitrogen and oxygen atoms in total. The molecule has 0 aromatic heterocycles. The highest BCUT2D eigenvalue weighted by Gasteiger charge is 2.27. The molecule has 9 heteroatoms. The second-order valence-electron chi connectivity index (χ2n) is 7.33. The second-order valence-corrected chi connectivity index (χ2v) is 9.44. The van der Waals surface area contributed by atoms with Crippen LogP contribution in [-0.2, 0) is 19.4 Å². The second kappa shape index (κ2) is 10.2. The summed E-state index contributed by atoms with van der Waals surface area (Å²) in [5, 5.41) is 10.9. The Morgan fingerprint density at radius 1 is 0.939 bits per heavy atom. The van der Waals surface area contributed by atoms with Gasteiger partial charge < -0.3 is 4.74 Å². The summed E-state index contributed by atoms with van der Waals surface area (Å²) < 4.78 is 30.4. The minimum atomic E-state index is -3.72. The van der Waals surface area contributed by atoms with Crippen LogP contribution >= 0.6 is 0 Å². The lowest BCUT2D eigenvalue weighted by Crippen LogP contribution is -2.22. The highest BCUT2D eigenvalue weighted by molar-refractivity contribution is 7.91. The molecule has 0 saturated carbocycles. The van der Waals surface area contributed by atoms with Crippen molar-refractivity contribution >= 4 is 27.3 Å². The number of sulfone groups is 1. The van der Waals surface area contributed by atoms with Gasteiger partial charge in [0.2, 0.25) is 5.78 Å². The summed E-state index contributed by atoms with van der Waals surface area (Å²) in [5.74, 6) is -1.89. The molecule has 0 N–H and O–H groups in total. The van der Waals surface area contributed by atoms with Crippen molar-refractivity contribution in [3.05, 3.63) is 106 Å². The van der Waals surface area contributed by atoms with Gasteiger partial charge in [0, 0.05) is 23.3 Å². The van der Waals surface area contributed by atoms with Crippen molar-refractivity contribution < 1.29 is 27.7 Å². The van der Waals surface area contributed by atoms with Gasteiger partial charge in [-0.3, -0.25) is 19.7 Å². The third kappa shape index (κ3) is 6.11. The maximum Gasteiger partial charge on any atom is 0.307 e. The van der Waals surface area contributed by atoms with Crippen molar-refractivity contribution in [3.63, 3.8) is 0 Å². The fourth-order valence-electron chi connectivity index (χ4n) is 3.07. The van der Waals surface area contributed by atoms with Gasteiger partial charge >= 0.3 is 5.97 Å². The minimum absolute atomic E-state index is 0.0909. The monoisotopic (exact) mass is 467 g/mol. The molecule has 0 fully saturated rings. The lowest BCUT2D eigenvalue weighted by atomic mass is 9.99.